The Morgan fingerprint density at radius 2 is 0.698 bits per heavy atom. The maximum atomic E-state index is 6.40. The average Bonchev–Trinajstić information content (AvgIpc) is 3.99. The summed E-state index contributed by atoms with van der Waals surface area (Å²) in [6.07, 6.45) is 4.05. The molecule has 0 amide bonds. The van der Waals surface area contributed by atoms with Crippen molar-refractivity contribution in [3.05, 3.63) is 96.1 Å². The largest absolute Gasteiger partial charge is 0.501 e. The third-order valence-corrected chi connectivity index (χ3v) is 19.8. The SMILES string of the molecule is CC(C)O[Si](CCCc1ccc(-c2ccc(-c3ccc(-c4ccc(-c5ccc(CCC[Si](OC(C)C)(OC(C)C)OC(C)C)cc5)s4)c4nsnc34)s2)cc1)(OC(C)C)OC(C)C. The Kier molecular flexibility index (Phi) is 17.7. The molecular weight excluding hydrogens is 877 g/mol. The first-order valence-electron chi connectivity index (χ1n) is 22.7. The van der Waals surface area contributed by atoms with Gasteiger partial charge in [0.05, 0.1) is 11.7 Å². The molecule has 6 rings (SSSR count). The monoisotopic (exact) mass is 944 g/mol. The first kappa shape index (κ1) is 49.5. The van der Waals surface area contributed by atoms with E-state index in [-0.39, 0.29) is 36.6 Å². The van der Waals surface area contributed by atoms with Crippen LogP contribution in [0.5, 0.6) is 0 Å². The lowest BCUT2D eigenvalue weighted by Gasteiger charge is -2.34. The number of thiophene rings is 2. The molecule has 0 saturated heterocycles. The Hall–Kier alpha value is -2.93. The van der Waals surface area contributed by atoms with E-state index in [9.17, 15) is 0 Å². The van der Waals surface area contributed by atoms with E-state index in [1.807, 2.05) is 0 Å². The van der Waals surface area contributed by atoms with Crippen molar-refractivity contribution in [2.45, 2.75) is 157 Å². The molecule has 13 heteroatoms. The van der Waals surface area contributed by atoms with Crippen LogP contribution in [-0.4, -0.2) is 63.0 Å². The molecule has 8 nitrogen and oxygen atoms in total. The molecule has 0 fully saturated rings. The predicted octanol–water partition coefficient (Wildman–Crippen LogP) is 14.8. The number of aryl methyl sites for hydroxylation is 2. The van der Waals surface area contributed by atoms with Crippen LogP contribution in [-0.2, 0) is 39.4 Å². The summed E-state index contributed by atoms with van der Waals surface area (Å²) in [5.74, 6) is 0. The quantitative estimate of drug-likeness (QED) is 0.0555. The molecule has 0 aliphatic rings. The van der Waals surface area contributed by atoms with E-state index in [1.54, 1.807) is 22.7 Å². The zero-order valence-corrected chi connectivity index (χ0v) is 43.8. The van der Waals surface area contributed by atoms with Crippen LogP contribution in [0.4, 0.5) is 0 Å². The lowest BCUT2D eigenvalue weighted by Crippen LogP contribution is -2.50. The predicted molar refractivity (Wildman–Crippen MR) is 270 cm³/mol. The second-order valence-electron chi connectivity index (χ2n) is 17.9. The van der Waals surface area contributed by atoms with Gasteiger partial charge in [-0.05, 0) is 155 Å². The van der Waals surface area contributed by atoms with Crippen molar-refractivity contribution in [1.29, 1.82) is 0 Å². The van der Waals surface area contributed by atoms with Gasteiger partial charge in [-0.1, -0.05) is 60.7 Å². The van der Waals surface area contributed by atoms with Gasteiger partial charge in [0.2, 0.25) is 0 Å². The van der Waals surface area contributed by atoms with Crippen molar-refractivity contribution in [2.75, 3.05) is 0 Å². The van der Waals surface area contributed by atoms with Gasteiger partial charge < -0.3 is 26.6 Å². The van der Waals surface area contributed by atoms with Crippen LogP contribution >= 0.6 is 34.4 Å². The molecule has 0 N–H and O–H groups in total. The van der Waals surface area contributed by atoms with Crippen LogP contribution in [0, 0.1) is 0 Å². The van der Waals surface area contributed by atoms with Gasteiger partial charge in [-0.25, -0.2) is 0 Å². The maximum absolute atomic E-state index is 6.40. The fourth-order valence-corrected chi connectivity index (χ4v) is 17.1. The number of fused-ring (bicyclic) bond motifs is 1. The van der Waals surface area contributed by atoms with Gasteiger partial charge in [-0.15, -0.1) is 22.7 Å². The Morgan fingerprint density at radius 3 is 1.00 bits per heavy atom. The van der Waals surface area contributed by atoms with Crippen LogP contribution in [0.2, 0.25) is 12.1 Å². The van der Waals surface area contributed by atoms with Gasteiger partial charge >= 0.3 is 17.6 Å². The van der Waals surface area contributed by atoms with E-state index < -0.39 is 17.6 Å². The molecule has 0 spiro atoms. The summed E-state index contributed by atoms with van der Waals surface area (Å²) in [7, 11) is -5.63. The molecule has 0 bridgehead atoms. The minimum absolute atomic E-state index is 0.0481. The van der Waals surface area contributed by atoms with Gasteiger partial charge in [0.25, 0.3) is 0 Å². The van der Waals surface area contributed by atoms with Crippen molar-refractivity contribution in [3.63, 3.8) is 0 Å². The third-order valence-electron chi connectivity index (χ3n) is 10.0. The number of aromatic nitrogens is 2. The molecule has 6 aromatic rings. The number of hydrogen-bond donors (Lipinski definition) is 0. The lowest BCUT2D eigenvalue weighted by molar-refractivity contribution is 0.00174. The smallest absolute Gasteiger partial charge is 0.371 e. The zero-order chi connectivity index (χ0) is 45.3. The van der Waals surface area contributed by atoms with E-state index in [2.05, 4.69) is 168 Å². The number of hydrogen-bond acceptors (Lipinski definition) is 11. The number of nitrogens with zero attached hydrogens (tertiary/aromatic N) is 2. The van der Waals surface area contributed by atoms with Gasteiger partial charge in [0, 0.05) is 79.3 Å². The Bertz CT molecular complexity index is 2110. The minimum Gasteiger partial charge on any atom is -0.371 e. The Labute approximate surface area is 391 Å². The first-order valence-corrected chi connectivity index (χ1v) is 29.0. The first-order chi connectivity index (χ1) is 30.0. The molecule has 0 atom stereocenters. The fraction of sp³-hybridized carbons (Fsp3) is 0.480. The molecule has 340 valence electrons. The van der Waals surface area contributed by atoms with Crippen molar-refractivity contribution >= 4 is 63.0 Å². The normalized spacial score (nSPS) is 12.8. The molecule has 0 saturated carbocycles. The second-order valence-corrected chi connectivity index (χ2v) is 25.8. The molecule has 3 aromatic heterocycles. The van der Waals surface area contributed by atoms with E-state index in [1.165, 1.54) is 53.5 Å². The third kappa shape index (κ3) is 13.8. The van der Waals surface area contributed by atoms with Gasteiger partial charge in [-0.2, -0.15) is 8.75 Å². The van der Waals surface area contributed by atoms with Crippen molar-refractivity contribution in [3.8, 4) is 41.8 Å². The lowest BCUT2D eigenvalue weighted by atomic mass is 10.1. The highest BCUT2D eigenvalue weighted by molar-refractivity contribution is 7.19. The standard InChI is InChI=1S/C50H68N2O6S3Si2/c1-33(2)53-62(54-34(3)4,55-35(5)6)31-13-15-39-17-21-41(22-18-39)45-27-29-47(59-45)43-25-26-44(50-49(43)51-61-52-50)48-30-28-46(60-48)42-23-19-40(20-24-42)16-14-32-63(56-36(7)8,57-37(9)10)58-38(11)12/h17-30,33-38H,13-16,31-32H2,1-12H3. The van der Waals surface area contributed by atoms with Gasteiger partial charge in [-0.3, -0.25) is 0 Å². The van der Waals surface area contributed by atoms with Crippen LogP contribution in [0.1, 0.15) is 107 Å². The summed E-state index contributed by atoms with van der Waals surface area (Å²) in [5, 5.41) is 0. The summed E-state index contributed by atoms with van der Waals surface area (Å²) in [4.78, 5) is 4.84. The highest BCUT2D eigenvalue weighted by Crippen LogP contribution is 2.42. The summed E-state index contributed by atoms with van der Waals surface area (Å²) in [6, 6.07) is 32.8. The van der Waals surface area contributed by atoms with E-state index in [0.717, 1.165) is 59.9 Å². The van der Waals surface area contributed by atoms with Crippen LogP contribution in [0.15, 0.2) is 84.9 Å². The number of benzene rings is 3. The summed E-state index contributed by atoms with van der Waals surface area (Å²) in [5.41, 5.74) is 9.17. The molecule has 0 radical (unpaired) electrons. The highest BCUT2D eigenvalue weighted by Gasteiger charge is 2.44. The Morgan fingerprint density at radius 1 is 0.397 bits per heavy atom. The van der Waals surface area contributed by atoms with Crippen LogP contribution in [0.3, 0.4) is 0 Å². The van der Waals surface area contributed by atoms with Gasteiger partial charge in [0.1, 0.15) is 11.0 Å². The van der Waals surface area contributed by atoms with Gasteiger partial charge in [0.15, 0.2) is 0 Å². The molecule has 3 aromatic carbocycles. The Balaban J connectivity index is 1.10. The van der Waals surface area contributed by atoms with Crippen molar-refractivity contribution in [2.24, 2.45) is 0 Å². The number of rotatable bonds is 24. The van der Waals surface area contributed by atoms with E-state index >= 15 is 0 Å². The minimum atomic E-state index is -2.82. The molecule has 0 unspecified atom stereocenters. The maximum Gasteiger partial charge on any atom is 0.501 e. The van der Waals surface area contributed by atoms with Crippen molar-refractivity contribution in [1.82, 2.24) is 8.75 Å². The van der Waals surface area contributed by atoms with Crippen molar-refractivity contribution < 1.29 is 26.6 Å². The zero-order valence-electron chi connectivity index (χ0n) is 39.4. The topological polar surface area (TPSA) is 81.2 Å². The second kappa shape index (κ2) is 22.5. The molecule has 3 heterocycles. The van der Waals surface area contributed by atoms with Crippen LogP contribution in [0.25, 0.3) is 52.8 Å². The summed E-state index contributed by atoms with van der Waals surface area (Å²) < 4.78 is 48.1. The molecule has 63 heavy (non-hydrogen) atoms. The van der Waals surface area contributed by atoms with E-state index in [0.29, 0.717) is 0 Å². The highest BCUT2D eigenvalue weighted by atomic mass is 32.1. The fourth-order valence-electron chi connectivity index (χ4n) is 7.90. The summed E-state index contributed by atoms with van der Waals surface area (Å²) >= 11 is 4.87. The van der Waals surface area contributed by atoms with Crippen LogP contribution < -0.4 is 0 Å². The molecular formula is C50H68N2O6S3Si2. The average molecular weight is 945 g/mol. The molecule has 0 aliphatic carbocycles. The van der Waals surface area contributed by atoms with E-state index in [4.69, 9.17) is 35.3 Å². The molecule has 0 aliphatic heterocycles. The summed E-state index contributed by atoms with van der Waals surface area (Å²) in [6.45, 7) is 24.7.